The Hall–Kier alpha value is -3.16. The molecule has 1 aliphatic rings. The van der Waals surface area contributed by atoms with E-state index in [1.54, 1.807) is 24.3 Å². The van der Waals surface area contributed by atoms with E-state index < -0.39 is 20.6 Å². The highest BCUT2D eigenvalue weighted by molar-refractivity contribution is 7.95. The van der Waals surface area contributed by atoms with Crippen molar-refractivity contribution < 1.29 is 12.8 Å². The van der Waals surface area contributed by atoms with Gasteiger partial charge in [-0.15, -0.1) is 0 Å². The molecular formula is C16H8FN3O2S. The molecule has 7 heteroatoms. The number of anilines is 2. The Bertz CT molecular complexity index is 1030. The third kappa shape index (κ3) is 2.33. The Kier molecular flexibility index (Phi) is 3.36. The molecule has 0 saturated carbocycles. The number of fused-ring (bicyclic) bond motifs is 1. The molecule has 0 saturated heterocycles. The first-order valence-corrected chi connectivity index (χ1v) is 7.91. The van der Waals surface area contributed by atoms with Crippen molar-refractivity contribution in [2.75, 3.05) is 4.90 Å². The molecule has 23 heavy (non-hydrogen) atoms. The van der Waals surface area contributed by atoms with E-state index in [1.165, 1.54) is 11.0 Å². The predicted molar refractivity (Wildman–Crippen MR) is 80.6 cm³/mol. The van der Waals surface area contributed by atoms with Gasteiger partial charge < -0.3 is 4.90 Å². The molecule has 0 bridgehead atoms. The summed E-state index contributed by atoms with van der Waals surface area (Å²) in [5.74, 6) is -0.603. The Balaban J connectivity index is 2.31. The van der Waals surface area contributed by atoms with Crippen molar-refractivity contribution in [3.63, 3.8) is 0 Å². The quantitative estimate of drug-likeness (QED) is 0.752. The van der Waals surface area contributed by atoms with Crippen molar-refractivity contribution in [1.82, 2.24) is 0 Å². The topological polar surface area (TPSA) is 85.0 Å². The lowest BCUT2D eigenvalue weighted by molar-refractivity contribution is 0.600. The Labute approximate surface area is 132 Å². The zero-order valence-electron chi connectivity index (χ0n) is 11.6. The maximum absolute atomic E-state index is 13.6. The number of halogens is 1. The average Bonchev–Trinajstić information content (AvgIpc) is 2.54. The van der Waals surface area contributed by atoms with Crippen LogP contribution in [0.5, 0.6) is 0 Å². The molecule has 0 radical (unpaired) electrons. The normalized spacial score (nSPS) is 15.1. The molecule has 5 nitrogen and oxygen atoms in total. The molecule has 0 spiro atoms. The standard InChI is InChI=1S/C16H8FN3O2S/c17-12-4-5-16-15(7-12)20(10-14(9-19)23(16,21)22)13-3-1-2-11(6-13)8-18/h1-7,10H. The van der Waals surface area contributed by atoms with Crippen LogP contribution in [-0.2, 0) is 9.84 Å². The van der Waals surface area contributed by atoms with Gasteiger partial charge in [-0.25, -0.2) is 12.8 Å². The number of hydrogen-bond acceptors (Lipinski definition) is 5. The third-order valence-corrected chi connectivity index (χ3v) is 5.07. The Morgan fingerprint density at radius 2 is 1.83 bits per heavy atom. The van der Waals surface area contributed by atoms with Gasteiger partial charge in [0.25, 0.3) is 0 Å². The maximum Gasteiger partial charge on any atom is 0.220 e. The van der Waals surface area contributed by atoms with Crippen molar-refractivity contribution in [2.45, 2.75) is 4.90 Å². The Morgan fingerprint density at radius 1 is 1.04 bits per heavy atom. The van der Waals surface area contributed by atoms with E-state index in [0.29, 0.717) is 11.3 Å². The SMILES string of the molecule is N#CC1=CN(c2cccc(C#N)c2)c2cc(F)ccc2S1(=O)=O. The van der Waals surface area contributed by atoms with E-state index in [4.69, 9.17) is 10.5 Å². The summed E-state index contributed by atoms with van der Waals surface area (Å²) in [6.45, 7) is 0. The molecule has 0 aliphatic carbocycles. The van der Waals surface area contributed by atoms with Crippen molar-refractivity contribution in [3.8, 4) is 12.1 Å². The molecule has 2 aromatic carbocycles. The van der Waals surface area contributed by atoms with Crippen molar-refractivity contribution in [3.05, 3.63) is 65.0 Å². The fraction of sp³-hybridized carbons (Fsp3) is 0. The van der Waals surface area contributed by atoms with Crippen LogP contribution in [0.1, 0.15) is 5.56 Å². The lowest BCUT2D eigenvalue weighted by atomic mass is 10.2. The summed E-state index contributed by atoms with van der Waals surface area (Å²) >= 11 is 0. The molecular weight excluding hydrogens is 317 g/mol. The highest BCUT2D eigenvalue weighted by Gasteiger charge is 2.32. The minimum atomic E-state index is -3.98. The van der Waals surface area contributed by atoms with Gasteiger partial charge in [0.15, 0.2) is 4.91 Å². The number of benzene rings is 2. The van der Waals surface area contributed by atoms with E-state index in [9.17, 15) is 12.8 Å². The highest BCUT2D eigenvalue weighted by atomic mass is 32.2. The van der Waals surface area contributed by atoms with Crippen LogP contribution in [-0.4, -0.2) is 8.42 Å². The minimum absolute atomic E-state index is 0.0964. The number of rotatable bonds is 1. The smallest absolute Gasteiger partial charge is 0.220 e. The fourth-order valence-corrected chi connectivity index (χ4v) is 3.59. The molecule has 0 N–H and O–H groups in total. The van der Waals surface area contributed by atoms with E-state index in [2.05, 4.69) is 0 Å². The molecule has 0 fully saturated rings. The molecule has 112 valence electrons. The first-order valence-electron chi connectivity index (χ1n) is 6.43. The van der Waals surface area contributed by atoms with Crippen molar-refractivity contribution in [2.24, 2.45) is 0 Å². The summed E-state index contributed by atoms with van der Waals surface area (Å²) in [5, 5.41) is 18.1. The van der Waals surface area contributed by atoms with Gasteiger partial charge in [0.2, 0.25) is 9.84 Å². The molecule has 0 unspecified atom stereocenters. The van der Waals surface area contributed by atoms with Gasteiger partial charge >= 0.3 is 0 Å². The summed E-state index contributed by atoms with van der Waals surface area (Å²) in [4.78, 5) is 0.790. The third-order valence-electron chi connectivity index (χ3n) is 3.37. The summed E-state index contributed by atoms with van der Waals surface area (Å²) in [7, 11) is -3.98. The van der Waals surface area contributed by atoms with Gasteiger partial charge in [-0.05, 0) is 36.4 Å². The van der Waals surface area contributed by atoms with Crippen LogP contribution in [0.25, 0.3) is 0 Å². The second-order valence-corrected chi connectivity index (χ2v) is 6.64. The van der Waals surface area contributed by atoms with Crippen LogP contribution in [0.3, 0.4) is 0 Å². The molecule has 0 atom stereocenters. The minimum Gasteiger partial charge on any atom is -0.314 e. The summed E-state index contributed by atoms with van der Waals surface area (Å²) in [5.41, 5.74) is 0.915. The first kappa shape index (κ1) is 14.8. The summed E-state index contributed by atoms with van der Waals surface area (Å²) in [6, 6.07) is 13.2. The van der Waals surface area contributed by atoms with E-state index >= 15 is 0 Å². The van der Waals surface area contributed by atoms with Crippen LogP contribution in [0.4, 0.5) is 15.8 Å². The van der Waals surface area contributed by atoms with E-state index in [-0.39, 0.29) is 10.6 Å². The van der Waals surface area contributed by atoms with Crippen molar-refractivity contribution >= 4 is 21.2 Å². The van der Waals surface area contributed by atoms with Crippen LogP contribution in [0.2, 0.25) is 0 Å². The summed E-state index contributed by atoms with van der Waals surface area (Å²) in [6.07, 6.45) is 1.13. The molecule has 2 aromatic rings. The molecule has 0 aromatic heterocycles. The fourth-order valence-electron chi connectivity index (χ4n) is 2.31. The predicted octanol–water partition coefficient (Wildman–Crippen LogP) is 2.99. The monoisotopic (exact) mass is 325 g/mol. The van der Waals surface area contributed by atoms with Crippen LogP contribution < -0.4 is 4.90 Å². The van der Waals surface area contributed by atoms with E-state index in [1.807, 2.05) is 6.07 Å². The second kappa shape index (κ2) is 5.24. The number of nitrogens with zero attached hydrogens (tertiary/aromatic N) is 3. The van der Waals surface area contributed by atoms with Crippen LogP contribution in [0, 0.1) is 28.5 Å². The van der Waals surface area contributed by atoms with Gasteiger partial charge in [-0.3, -0.25) is 0 Å². The summed E-state index contributed by atoms with van der Waals surface area (Å²) < 4.78 is 38.3. The van der Waals surface area contributed by atoms with Gasteiger partial charge in [0.05, 0.1) is 22.2 Å². The Morgan fingerprint density at radius 3 is 2.52 bits per heavy atom. The highest BCUT2D eigenvalue weighted by Crippen LogP contribution is 2.39. The molecule has 1 aliphatic heterocycles. The molecule has 3 rings (SSSR count). The second-order valence-electron chi connectivity index (χ2n) is 4.75. The van der Waals surface area contributed by atoms with Crippen molar-refractivity contribution in [1.29, 1.82) is 10.5 Å². The van der Waals surface area contributed by atoms with Gasteiger partial charge in [0.1, 0.15) is 11.9 Å². The van der Waals surface area contributed by atoms with E-state index in [0.717, 1.165) is 24.4 Å². The van der Waals surface area contributed by atoms with Gasteiger partial charge in [-0.1, -0.05) is 6.07 Å². The number of hydrogen-bond donors (Lipinski definition) is 0. The average molecular weight is 325 g/mol. The molecule has 1 heterocycles. The maximum atomic E-state index is 13.6. The lowest BCUT2D eigenvalue weighted by Gasteiger charge is -2.27. The first-order chi connectivity index (χ1) is 11.0. The number of allylic oxidation sites excluding steroid dienone is 1. The number of nitriles is 2. The van der Waals surface area contributed by atoms with Gasteiger partial charge in [-0.2, -0.15) is 10.5 Å². The van der Waals surface area contributed by atoms with Crippen LogP contribution >= 0.6 is 0 Å². The van der Waals surface area contributed by atoms with Crippen LogP contribution in [0.15, 0.2) is 58.5 Å². The molecule has 0 amide bonds. The zero-order chi connectivity index (χ0) is 16.6. The largest absolute Gasteiger partial charge is 0.314 e. The number of sulfone groups is 1. The van der Waals surface area contributed by atoms with Gasteiger partial charge in [0, 0.05) is 11.9 Å². The zero-order valence-corrected chi connectivity index (χ0v) is 12.4. The lowest BCUT2D eigenvalue weighted by Crippen LogP contribution is -2.21.